The van der Waals surface area contributed by atoms with Crippen LogP contribution in [0.2, 0.25) is 0 Å². The summed E-state index contributed by atoms with van der Waals surface area (Å²) >= 11 is 1.74. The molecule has 2 N–H and O–H groups in total. The number of nitrogens with zero attached hydrogens (tertiary/aromatic N) is 3. The van der Waals surface area contributed by atoms with Gasteiger partial charge in [0.15, 0.2) is 0 Å². The Bertz CT molecular complexity index is 456. The van der Waals surface area contributed by atoms with E-state index in [9.17, 15) is 4.79 Å². The second-order valence-electron chi connectivity index (χ2n) is 5.64. The van der Waals surface area contributed by atoms with Crippen LogP contribution in [-0.2, 0) is 11.3 Å². The minimum atomic E-state index is -0.767. The Morgan fingerprint density at radius 3 is 2.23 bits per heavy atom. The number of aryl methyl sites for hydroxylation is 1. The molecule has 1 amide bonds. The number of amides is 1. The lowest BCUT2D eigenvalue weighted by molar-refractivity contribution is -0.137. The fourth-order valence-electron chi connectivity index (χ4n) is 2.22. The Hall–Kier alpha value is -0.110. The van der Waals surface area contributed by atoms with Gasteiger partial charge < -0.3 is 10.6 Å². The molecule has 1 aromatic rings. The van der Waals surface area contributed by atoms with Crippen molar-refractivity contribution >= 4 is 54.5 Å². The third-order valence-electron chi connectivity index (χ3n) is 3.26. The molecule has 1 saturated heterocycles. The second kappa shape index (κ2) is 9.90. The first kappa shape index (κ1) is 24.1. The maximum absolute atomic E-state index is 12.1. The van der Waals surface area contributed by atoms with E-state index in [-0.39, 0.29) is 43.1 Å². The molecule has 1 aliphatic heterocycles. The number of halogens is 3. The summed E-state index contributed by atoms with van der Waals surface area (Å²) < 4.78 is 0. The predicted molar refractivity (Wildman–Crippen MR) is 98.7 cm³/mol. The van der Waals surface area contributed by atoms with Gasteiger partial charge in [-0.05, 0) is 20.8 Å². The van der Waals surface area contributed by atoms with Crippen molar-refractivity contribution in [3.8, 4) is 0 Å². The van der Waals surface area contributed by atoms with Crippen molar-refractivity contribution in [1.82, 2.24) is 14.8 Å². The van der Waals surface area contributed by atoms with Crippen molar-refractivity contribution in [2.75, 3.05) is 26.2 Å². The van der Waals surface area contributed by atoms with Crippen LogP contribution in [-0.4, -0.2) is 52.4 Å². The van der Waals surface area contributed by atoms with E-state index in [1.165, 1.54) is 4.88 Å². The van der Waals surface area contributed by atoms with Crippen molar-refractivity contribution in [2.24, 2.45) is 5.73 Å². The summed E-state index contributed by atoms with van der Waals surface area (Å²) in [6.45, 7) is 9.81. The molecular weight excluding hydrogens is 367 g/mol. The maximum atomic E-state index is 12.1. The molecule has 22 heavy (non-hydrogen) atoms. The monoisotopic (exact) mass is 390 g/mol. The summed E-state index contributed by atoms with van der Waals surface area (Å²) in [6, 6.07) is 0. The van der Waals surface area contributed by atoms with Crippen LogP contribution in [0.1, 0.15) is 23.7 Å². The Morgan fingerprint density at radius 2 is 1.82 bits per heavy atom. The Kier molecular flexibility index (Phi) is 10.9. The van der Waals surface area contributed by atoms with Crippen LogP contribution in [0.5, 0.6) is 0 Å². The lowest BCUT2D eigenvalue weighted by Crippen LogP contribution is -2.56. The lowest BCUT2D eigenvalue weighted by atomic mass is 10.0. The Balaban J connectivity index is 0. The van der Waals surface area contributed by atoms with E-state index < -0.39 is 5.54 Å². The van der Waals surface area contributed by atoms with E-state index in [2.05, 4.69) is 9.88 Å². The number of piperazine rings is 1. The first-order valence-electron chi connectivity index (χ1n) is 6.58. The average molecular weight is 392 g/mol. The van der Waals surface area contributed by atoms with E-state index in [0.29, 0.717) is 0 Å². The van der Waals surface area contributed by atoms with Gasteiger partial charge in [0.25, 0.3) is 0 Å². The standard InChI is InChI=1S/C13H22N4OS.3ClH/c1-10-15-8-11(19-10)9-16-4-6-17(7-5-16)12(18)13(2,3)14;;;/h8H,4-7,9,14H2,1-3H3;3*1H. The van der Waals surface area contributed by atoms with Crippen LogP contribution in [0.25, 0.3) is 0 Å². The number of thiazole rings is 1. The van der Waals surface area contributed by atoms with E-state index in [0.717, 1.165) is 37.7 Å². The zero-order valence-corrected chi connectivity index (χ0v) is 16.3. The highest BCUT2D eigenvalue weighted by Crippen LogP contribution is 2.16. The number of carbonyl (C=O) groups is 1. The number of carbonyl (C=O) groups excluding carboxylic acids is 1. The highest BCUT2D eigenvalue weighted by atomic mass is 35.5. The minimum Gasteiger partial charge on any atom is -0.339 e. The van der Waals surface area contributed by atoms with E-state index in [4.69, 9.17) is 5.73 Å². The number of nitrogens with two attached hydrogens (primary N) is 1. The van der Waals surface area contributed by atoms with Gasteiger partial charge in [-0.25, -0.2) is 4.98 Å². The van der Waals surface area contributed by atoms with Crippen molar-refractivity contribution in [2.45, 2.75) is 32.9 Å². The molecule has 0 aromatic carbocycles. The van der Waals surface area contributed by atoms with E-state index >= 15 is 0 Å². The number of hydrogen-bond donors (Lipinski definition) is 1. The molecule has 2 heterocycles. The highest BCUT2D eigenvalue weighted by molar-refractivity contribution is 7.11. The number of hydrogen-bond acceptors (Lipinski definition) is 5. The molecule has 1 aliphatic rings. The normalized spacial score (nSPS) is 15.4. The summed E-state index contributed by atoms with van der Waals surface area (Å²) in [5.41, 5.74) is 5.09. The Morgan fingerprint density at radius 1 is 1.27 bits per heavy atom. The van der Waals surface area contributed by atoms with Gasteiger partial charge in [0, 0.05) is 43.8 Å². The van der Waals surface area contributed by atoms with Crippen molar-refractivity contribution in [1.29, 1.82) is 0 Å². The topological polar surface area (TPSA) is 62.5 Å². The zero-order chi connectivity index (χ0) is 14.0. The van der Waals surface area contributed by atoms with Crippen molar-refractivity contribution in [3.05, 3.63) is 16.1 Å². The van der Waals surface area contributed by atoms with Crippen molar-refractivity contribution < 1.29 is 4.79 Å². The largest absolute Gasteiger partial charge is 0.339 e. The molecule has 0 bridgehead atoms. The molecule has 0 atom stereocenters. The van der Waals surface area contributed by atoms with Gasteiger partial charge in [0.05, 0.1) is 10.5 Å². The van der Waals surface area contributed by atoms with Crippen LogP contribution in [0.3, 0.4) is 0 Å². The second-order valence-corrected chi connectivity index (χ2v) is 6.95. The van der Waals surface area contributed by atoms with Crippen LogP contribution in [0.15, 0.2) is 6.20 Å². The molecule has 1 aromatic heterocycles. The van der Waals surface area contributed by atoms with Gasteiger partial charge >= 0.3 is 0 Å². The average Bonchev–Trinajstić information content (AvgIpc) is 2.74. The van der Waals surface area contributed by atoms with Gasteiger partial charge in [0.1, 0.15) is 0 Å². The number of rotatable bonds is 3. The fraction of sp³-hybridized carbons (Fsp3) is 0.692. The summed E-state index contributed by atoms with van der Waals surface area (Å²) in [6.07, 6.45) is 1.94. The zero-order valence-electron chi connectivity index (χ0n) is 13.1. The molecule has 9 heteroatoms. The van der Waals surface area contributed by atoms with Gasteiger partial charge in [-0.3, -0.25) is 9.69 Å². The van der Waals surface area contributed by atoms with Crippen LogP contribution in [0, 0.1) is 6.92 Å². The molecule has 1 fully saturated rings. The molecule has 5 nitrogen and oxygen atoms in total. The van der Waals surface area contributed by atoms with E-state index in [1.54, 1.807) is 25.2 Å². The summed E-state index contributed by atoms with van der Waals surface area (Å²) in [5, 5.41) is 1.11. The molecule has 0 radical (unpaired) electrons. The SMILES string of the molecule is Cc1ncc(CN2CCN(C(=O)C(C)(C)N)CC2)s1.Cl.Cl.Cl. The van der Waals surface area contributed by atoms with Crippen LogP contribution >= 0.6 is 48.6 Å². The summed E-state index contributed by atoms with van der Waals surface area (Å²) in [4.78, 5) is 21.8. The molecule has 0 aliphatic carbocycles. The van der Waals surface area contributed by atoms with Gasteiger partial charge in [0.2, 0.25) is 5.91 Å². The van der Waals surface area contributed by atoms with Crippen LogP contribution in [0.4, 0.5) is 0 Å². The van der Waals surface area contributed by atoms with Crippen molar-refractivity contribution in [3.63, 3.8) is 0 Å². The smallest absolute Gasteiger partial charge is 0.242 e. The Labute approximate surface area is 154 Å². The molecule has 0 spiro atoms. The summed E-state index contributed by atoms with van der Waals surface area (Å²) in [7, 11) is 0. The first-order chi connectivity index (χ1) is 8.86. The summed E-state index contributed by atoms with van der Waals surface area (Å²) in [5.74, 6) is 0.0424. The van der Waals surface area contributed by atoms with Crippen LogP contribution < -0.4 is 5.73 Å². The number of aromatic nitrogens is 1. The fourth-order valence-corrected chi connectivity index (χ4v) is 3.05. The molecule has 130 valence electrons. The minimum absolute atomic E-state index is 0. The van der Waals surface area contributed by atoms with E-state index in [1.807, 2.05) is 18.0 Å². The van der Waals surface area contributed by atoms with Gasteiger partial charge in [-0.1, -0.05) is 0 Å². The first-order valence-corrected chi connectivity index (χ1v) is 7.40. The highest BCUT2D eigenvalue weighted by Gasteiger charge is 2.30. The lowest BCUT2D eigenvalue weighted by Gasteiger charge is -2.37. The molecule has 0 saturated carbocycles. The predicted octanol–water partition coefficient (Wildman–Crippen LogP) is 2.10. The maximum Gasteiger partial charge on any atom is 0.242 e. The molecule has 2 rings (SSSR count). The molecular formula is C13H25Cl3N4OS. The van der Waals surface area contributed by atoms with Gasteiger partial charge in [-0.15, -0.1) is 48.6 Å². The van der Waals surface area contributed by atoms with Gasteiger partial charge in [-0.2, -0.15) is 0 Å². The quantitative estimate of drug-likeness (QED) is 0.857. The third kappa shape index (κ3) is 6.56. The molecule has 0 unspecified atom stereocenters. The third-order valence-corrected chi connectivity index (χ3v) is 4.16.